The number of rotatable bonds is 5. The van der Waals surface area contributed by atoms with Crippen LogP contribution < -0.4 is 10.5 Å². The summed E-state index contributed by atoms with van der Waals surface area (Å²) in [6.07, 6.45) is 3.23. The number of fused-ring (bicyclic) bond motifs is 1. The van der Waals surface area contributed by atoms with Crippen LogP contribution in [-0.4, -0.2) is 32.4 Å². The SMILES string of the molecule is C=CCN(CC)S(=O)(=O)c1cc(N)cc2c1OCCC2. The molecule has 0 saturated carbocycles. The van der Waals surface area contributed by atoms with Gasteiger partial charge in [0.05, 0.1) is 6.61 Å². The third kappa shape index (κ3) is 2.66. The molecule has 0 atom stereocenters. The topological polar surface area (TPSA) is 72.6 Å². The summed E-state index contributed by atoms with van der Waals surface area (Å²) in [7, 11) is -3.62. The normalized spacial score (nSPS) is 14.7. The van der Waals surface area contributed by atoms with Gasteiger partial charge in [-0.05, 0) is 30.5 Å². The van der Waals surface area contributed by atoms with Gasteiger partial charge >= 0.3 is 0 Å². The predicted octanol–water partition coefficient (Wildman–Crippen LogP) is 1.79. The third-order valence-corrected chi connectivity index (χ3v) is 5.24. The lowest BCUT2D eigenvalue weighted by atomic mass is 10.1. The zero-order valence-electron chi connectivity index (χ0n) is 11.6. The van der Waals surface area contributed by atoms with Crippen LogP contribution in [0.3, 0.4) is 0 Å². The lowest BCUT2D eigenvalue weighted by Gasteiger charge is -2.24. The number of anilines is 1. The van der Waals surface area contributed by atoms with Crippen LogP contribution in [0.4, 0.5) is 5.69 Å². The Labute approximate surface area is 120 Å². The summed E-state index contributed by atoms with van der Waals surface area (Å²) in [5.41, 5.74) is 7.15. The molecule has 2 rings (SSSR count). The monoisotopic (exact) mass is 296 g/mol. The van der Waals surface area contributed by atoms with E-state index in [-0.39, 0.29) is 11.4 Å². The van der Waals surface area contributed by atoms with E-state index in [2.05, 4.69) is 6.58 Å². The van der Waals surface area contributed by atoms with Crippen molar-refractivity contribution in [3.8, 4) is 5.75 Å². The van der Waals surface area contributed by atoms with Crippen molar-refractivity contribution in [1.29, 1.82) is 0 Å². The molecule has 0 unspecified atom stereocenters. The van der Waals surface area contributed by atoms with Crippen LogP contribution in [0, 0.1) is 0 Å². The molecule has 0 aromatic heterocycles. The first-order valence-corrected chi connectivity index (χ1v) is 8.11. The molecule has 1 aliphatic rings. The number of nitrogens with two attached hydrogens (primary N) is 1. The molecule has 1 heterocycles. The van der Waals surface area contributed by atoms with E-state index in [1.807, 2.05) is 0 Å². The highest BCUT2D eigenvalue weighted by Gasteiger charge is 2.29. The smallest absolute Gasteiger partial charge is 0.247 e. The molecular formula is C14H20N2O3S. The number of sulfonamides is 1. The standard InChI is InChI=1S/C14H20N2O3S/c1-3-7-16(4-2)20(17,18)13-10-12(15)9-11-6-5-8-19-14(11)13/h3,9-10H,1,4-8,15H2,2H3. The highest BCUT2D eigenvalue weighted by molar-refractivity contribution is 7.89. The second kappa shape index (κ2) is 5.85. The zero-order chi connectivity index (χ0) is 14.8. The minimum absolute atomic E-state index is 0.163. The summed E-state index contributed by atoms with van der Waals surface area (Å²) in [4.78, 5) is 0.163. The molecule has 0 amide bonds. The van der Waals surface area contributed by atoms with Gasteiger partial charge in [0.2, 0.25) is 10.0 Å². The quantitative estimate of drug-likeness (QED) is 0.664. The van der Waals surface area contributed by atoms with Gasteiger partial charge in [0.1, 0.15) is 10.6 Å². The summed E-state index contributed by atoms with van der Waals surface area (Å²) in [5, 5.41) is 0. The molecule has 5 nitrogen and oxygen atoms in total. The van der Waals surface area contributed by atoms with Crippen LogP contribution in [0.15, 0.2) is 29.7 Å². The van der Waals surface area contributed by atoms with Crippen LogP contribution in [0.5, 0.6) is 5.75 Å². The number of hydrogen-bond donors (Lipinski definition) is 1. The number of benzene rings is 1. The molecule has 0 spiro atoms. The first kappa shape index (κ1) is 14.9. The third-order valence-electron chi connectivity index (χ3n) is 3.29. The van der Waals surface area contributed by atoms with Crippen LogP contribution in [0.2, 0.25) is 0 Å². The first-order chi connectivity index (χ1) is 9.50. The fraction of sp³-hybridized carbons (Fsp3) is 0.429. The van der Waals surface area contributed by atoms with E-state index >= 15 is 0 Å². The van der Waals surface area contributed by atoms with E-state index in [1.54, 1.807) is 19.1 Å². The van der Waals surface area contributed by atoms with E-state index in [1.165, 1.54) is 10.4 Å². The molecule has 0 bridgehead atoms. The Kier molecular flexibility index (Phi) is 4.35. The number of likely N-dealkylation sites (N-methyl/N-ethyl adjacent to an activating group) is 1. The van der Waals surface area contributed by atoms with E-state index in [0.717, 1.165) is 18.4 Å². The highest BCUT2D eigenvalue weighted by Crippen LogP contribution is 2.35. The van der Waals surface area contributed by atoms with Crippen molar-refractivity contribution in [3.63, 3.8) is 0 Å². The Morgan fingerprint density at radius 3 is 2.90 bits per heavy atom. The minimum Gasteiger partial charge on any atom is -0.492 e. The molecule has 20 heavy (non-hydrogen) atoms. The predicted molar refractivity (Wildman–Crippen MR) is 79.3 cm³/mol. The molecule has 2 N–H and O–H groups in total. The van der Waals surface area contributed by atoms with Gasteiger partial charge in [-0.25, -0.2) is 8.42 Å². The maximum Gasteiger partial charge on any atom is 0.247 e. The van der Waals surface area contributed by atoms with Crippen LogP contribution >= 0.6 is 0 Å². The van der Waals surface area contributed by atoms with Gasteiger partial charge < -0.3 is 10.5 Å². The zero-order valence-corrected chi connectivity index (χ0v) is 12.4. The van der Waals surface area contributed by atoms with Gasteiger partial charge in [-0.1, -0.05) is 13.0 Å². The lowest BCUT2D eigenvalue weighted by Crippen LogP contribution is -2.32. The van der Waals surface area contributed by atoms with Gasteiger partial charge in [0.25, 0.3) is 0 Å². The summed E-state index contributed by atoms with van der Waals surface area (Å²) in [5.74, 6) is 0.452. The van der Waals surface area contributed by atoms with Crippen molar-refractivity contribution >= 4 is 15.7 Å². The van der Waals surface area contributed by atoms with Gasteiger partial charge in [-0.3, -0.25) is 0 Å². The van der Waals surface area contributed by atoms with Crippen LogP contribution in [0.1, 0.15) is 18.9 Å². The fourth-order valence-corrected chi connectivity index (χ4v) is 3.97. The van der Waals surface area contributed by atoms with Gasteiger partial charge in [-0.15, -0.1) is 6.58 Å². The van der Waals surface area contributed by atoms with Crippen molar-refractivity contribution in [3.05, 3.63) is 30.4 Å². The first-order valence-electron chi connectivity index (χ1n) is 6.67. The molecule has 1 aromatic carbocycles. The summed E-state index contributed by atoms with van der Waals surface area (Å²) in [6, 6.07) is 3.27. The number of nitrogen functional groups attached to an aromatic ring is 1. The average molecular weight is 296 g/mol. The molecule has 0 aliphatic carbocycles. The molecule has 1 aliphatic heterocycles. The Morgan fingerprint density at radius 1 is 1.50 bits per heavy atom. The average Bonchev–Trinajstić information content (AvgIpc) is 2.43. The highest BCUT2D eigenvalue weighted by atomic mass is 32.2. The maximum atomic E-state index is 12.7. The summed E-state index contributed by atoms with van der Waals surface area (Å²) in [6.45, 7) is 6.56. The van der Waals surface area contributed by atoms with Crippen molar-refractivity contribution in [2.45, 2.75) is 24.7 Å². The van der Waals surface area contributed by atoms with Gasteiger partial charge in [0.15, 0.2) is 0 Å². The molecule has 0 fully saturated rings. The van der Waals surface area contributed by atoms with Crippen LogP contribution in [-0.2, 0) is 16.4 Å². The summed E-state index contributed by atoms with van der Waals surface area (Å²) >= 11 is 0. The fourth-order valence-electron chi connectivity index (χ4n) is 2.34. The van der Waals surface area contributed by atoms with E-state index < -0.39 is 10.0 Å². The number of aryl methyl sites for hydroxylation is 1. The second-order valence-corrected chi connectivity index (χ2v) is 6.61. The van der Waals surface area contributed by atoms with Gasteiger partial charge in [0, 0.05) is 18.8 Å². The van der Waals surface area contributed by atoms with Crippen molar-refractivity contribution in [2.24, 2.45) is 0 Å². The van der Waals surface area contributed by atoms with Crippen LogP contribution in [0.25, 0.3) is 0 Å². The molecule has 0 saturated heterocycles. The maximum absolute atomic E-state index is 12.7. The van der Waals surface area contributed by atoms with E-state index in [0.29, 0.717) is 24.6 Å². The largest absolute Gasteiger partial charge is 0.492 e. The summed E-state index contributed by atoms with van der Waals surface area (Å²) < 4.78 is 32.4. The van der Waals surface area contributed by atoms with Crippen molar-refractivity contribution < 1.29 is 13.2 Å². The lowest BCUT2D eigenvalue weighted by molar-refractivity contribution is 0.279. The number of ether oxygens (including phenoxy) is 1. The van der Waals surface area contributed by atoms with E-state index in [4.69, 9.17) is 10.5 Å². The molecule has 1 aromatic rings. The second-order valence-electron chi connectivity index (χ2n) is 4.70. The van der Waals surface area contributed by atoms with Crippen molar-refractivity contribution in [2.75, 3.05) is 25.4 Å². The Morgan fingerprint density at radius 2 is 2.25 bits per heavy atom. The molecule has 0 radical (unpaired) electrons. The van der Waals surface area contributed by atoms with E-state index in [9.17, 15) is 8.42 Å². The Balaban J connectivity index is 2.56. The minimum atomic E-state index is -3.62. The number of hydrogen-bond acceptors (Lipinski definition) is 4. The Bertz CT molecular complexity index is 611. The van der Waals surface area contributed by atoms with Crippen molar-refractivity contribution in [1.82, 2.24) is 4.31 Å². The van der Waals surface area contributed by atoms with Gasteiger partial charge in [-0.2, -0.15) is 4.31 Å². The Hall–Kier alpha value is -1.53. The number of nitrogens with zero attached hydrogens (tertiary/aromatic N) is 1. The molecule has 110 valence electrons. The molecular weight excluding hydrogens is 276 g/mol. The molecule has 6 heteroatoms.